The highest BCUT2D eigenvalue weighted by molar-refractivity contribution is 14.1. The second-order valence-electron chi connectivity index (χ2n) is 4.91. The Morgan fingerprint density at radius 3 is 2.48 bits per heavy atom. The molecule has 7 heteroatoms. The average Bonchev–Trinajstić information content (AvgIpc) is 2.53. The van der Waals surface area contributed by atoms with Crippen molar-refractivity contribution in [1.82, 2.24) is 10.3 Å². The summed E-state index contributed by atoms with van der Waals surface area (Å²) in [6.07, 6.45) is 1.27. The molecule has 21 heavy (non-hydrogen) atoms. The molecule has 1 fully saturated rings. The molecule has 6 nitrogen and oxygen atoms in total. The number of hydrogen-bond donors (Lipinski definition) is 2. The Labute approximate surface area is 137 Å². The van der Waals surface area contributed by atoms with Crippen LogP contribution in [0.1, 0.15) is 12.8 Å². The van der Waals surface area contributed by atoms with Crippen LogP contribution in [0.15, 0.2) is 24.3 Å². The van der Waals surface area contributed by atoms with Gasteiger partial charge in [-0.25, -0.2) is 5.84 Å². The Morgan fingerprint density at radius 1 is 1.29 bits per heavy atom. The van der Waals surface area contributed by atoms with Crippen molar-refractivity contribution in [3.05, 3.63) is 27.8 Å². The van der Waals surface area contributed by atoms with E-state index in [0.29, 0.717) is 31.7 Å². The zero-order valence-corrected chi connectivity index (χ0v) is 13.7. The molecule has 0 spiro atoms. The largest absolute Gasteiger partial charge is 0.484 e. The van der Waals surface area contributed by atoms with E-state index in [1.807, 2.05) is 24.3 Å². The lowest BCUT2D eigenvalue weighted by Crippen LogP contribution is -2.45. The zero-order valence-electron chi connectivity index (χ0n) is 11.5. The number of carbonyl (C=O) groups excluding carboxylic acids is 2. The Kier molecular flexibility index (Phi) is 5.80. The SMILES string of the molecule is NNC(=O)C1CCN(C(=O)COc2ccc(I)cc2)CC1. The van der Waals surface area contributed by atoms with Gasteiger partial charge in [0.05, 0.1) is 0 Å². The van der Waals surface area contributed by atoms with Crippen LogP contribution in [0, 0.1) is 9.49 Å². The Balaban J connectivity index is 1.77. The summed E-state index contributed by atoms with van der Waals surface area (Å²) in [4.78, 5) is 25.2. The Hall–Kier alpha value is -1.35. The van der Waals surface area contributed by atoms with Gasteiger partial charge in [-0.2, -0.15) is 0 Å². The molecule has 1 aromatic rings. The van der Waals surface area contributed by atoms with Crippen LogP contribution < -0.4 is 16.0 Å². The van der Waals surface area contributed by atoms with Crippen molar-refractivity contribution in [3.63, 3.8) is 0 Å². The third-order valence-corrected chi connectivity index (χ3v) is 4.26. The van der Waals surface area contributed by atoms with Gasteiger partial charge in [0.1, 0.15) is 5.75 Å². The molecule has 0 saturated carbocycles. The van der Waals surface area contributed by atoms with Gasteiger partial charge in [0, 0.05) is 22.6 Å². The summed E-state index contributed by atoms with van der Waals surface area (Å²) in [5.74, 6) is 5.49. The van der Waals surface area contributed by atoms with E-state index < -0.39 is 0 Å². The standard InChI is InChI=1S/C14H18IN3O3/c15-11-1-3-12(4-2-11)21-9-13(19)18-7-5-10(6-8-18)14(20)17-16/h1-4,10H,5-9,16H2,(H,17,20). The van der Waals surface area contributed by atoms with Gasteiger partial charge >= 0.3 is 0 Å². The summed E-state index contributed by atoms with van der Waals surface area (Å²) >= 11 is 2.21. The maximum absolute atomic E-state index is 12.1. The number of carbonyl (C=O) groups is 2. The van der Waals surface area contributed by atoms with Gasteiger partial charge in [0.15, 0.2) is 6.61 Å². The third-order valence-electron chi connectivity index (χ3n) is 3.54. The highest BCUT2D eigenvalue weighted by atomic mass is 127. The fourth-order valence-electron chi connectivity index (χ4n) is 2.28. The van der Waals surface area contributed by atoms with E-state index in [0.717, 1.165) is 3.57 Å². The van der Waals surface area contributed by atoms with E-state index in [4.69, 9.17) is 10.6 Å². The third kappa shape index (κ3) is 4.57. The lowest BCUT2D eigenvalue weighted by Gasteiger charge is -2.30. The second-order valence-corrected chi connectivity index (χ2v) is 6.15. The number of nitrogens with two attached hydrogens (primary N) is 1. The molecule has 0 bridgehead atoms. The molecular formula is C14H18IN3O3. The van der Waals surface area contributed by atoms with E-state index >= 15 is 0 Å². The summed E-state index contributed by atoms with van der Waals surface area (Å²) in [6.45, 7) is 1.15. The number of nitrogens with zero attached hydrogens (tertiary/aromatic N) is 1. The Morgan fingerprint density at radius 2 is 1.90 bits per heavy atom. The van der Waals surface area contributed by atoms with Crippen LogP contribution in [0.25, 0.3) is 0 Å². The number of hydrogen-bond acceptors (Lipinski definition) is 4. The topological polar surface area (TPSA) is 84.7 Å². The predicted molar refractivity (Wildman–Crippen MR) is 86.3 cm³/mol. The van der Waals surface area contributed by atoms with Gasteiger partial charge in [-0.3, -0.25) is 15.0 Å². The minimum Gasteiger partial charge on any atom is -0.484 e. The monoisotopic (exact) mass is 403 g/mol. The van der Waals surface area contributed by atoms with Crippen molar-refractivity contribution in [2.45, 2.75) is 12.8 Å². The van der Waals surface area contributed by atoms with E-state index in [2.05, 4.69) is 28.0 Å². The lowest BCUT2D eigenvalue weighted by atomic mass is 9.96. The molecule has 1 heterocycles. The smallest absolute Gasteiger partial charge is 0.260 e. The number of piperidine rings is 1. The minimum absolute atomic E-state index is 0.0222. The molecular weight excluding hydrogens is 385 g/mol. The fourth-order valence-corrected chi connectivity index (χ4v) is 2.64. The van der Waals surface area contributed by atoms with E-state index in [1.165, 1.54) is 0 Å². The molecule has 2 amide bonds. The second kappa shape index (κ2) is 7.60. The van der Waals surface area contributed by atoms with Gasteiger partial charge in [0.2, 0.25) is 5.91 Å². The minimum atomic E-state index is -0.155. The summed E-state index contributed by atoms with van der Waals surface area (Å²) in [6, 6.07) is 7.54. The number of benzene rings is 1. The van der Waals surface area contributed by atoms with E-state index in [1.54, 1.807) is 4.90 Å². The highest BCUT2D eigenvalue weighted by Crippen LogP contribution is 2.18. The molecule has 0 aliphatic carbocycles. The number of amides is 2. The molecule has 1 aliphatic heterocycles. The van der Waals surface area contributed by atoms with Crippen LogP contribution in [0.3, 0.4) is 0 Å². The van der Waals surface area contributed by atoms with E-state index in [-0.39, 0.29) is 24.3 Å². The maximum atomic E-state index is 12.1. The number of nitrogens with one attached hydrogen (secondary N) is 1. The number of halogens is 1. The first kappa shape index (κ1) is 16.0. The van der Waals surface area contributed by atoms with Crippen molar-refractivity contribution < 1.29 is 14.3 Å². The first-order valence-electron chi connectivity index (χ1n) is 6.76. The van der Waals surface area contributed by atoms with Gasteiger partial charge < -0.3 is 9.64 Å². The van der Waals surface area contributed by atoms with Crippen molar-refractivity contribution in [3.8, 4) is 5.75 Å². The van der Waals surface area contributed by atoms with Gasteiger partial charge in [-0.05, 0) is 59.7 Å². The molecule has 1 aliphatic rings. The van der Waals surface area contributed by atoms with Crippen molar-refractivity contribution in [1.29, 1.82) is 0 Å². The van der Waals surface area contributed by atoms with Gasteiger partial charge in [-0.1, -0.05) is 0 Å². The van der Waals surface area contributed by atoms with Crippen LogP contribution in [0.5, 0.6) is 5.75 Å². The molecule has 0 atom stereocenters. The van der Waals surface area contributed by atoms with Crippen LogP contribution in [0.4, 0.5) is 0 Å². The quantitative estimate of drug-likeness (QED) is 0.339. The molecule has 114 valence electrons. The van der Waals surface area contributed by atoms with Crippen LogP contribution in [-0.2, 0) is 9.59 Å². The predicted octanol–water partition coefficient (Wildman–Crippen LogP) is 0.898. The van der Waals surface area contributed by atoms with Crippen molar-refractivity contribution in [2.75, 3.05) is 19.7 Å². The molecule has 1 saturated heterocycles. The highest BCUT2D eigenvalue weighted by Gasteiger charge is 2.26. The number of ether oxygens (including phenoxy) is 1. The molecule has 3 N–H and O–H groups in total. The molecule has 0 aromatic heterocycles. The van der Waals surface area contributed by atoms with Gasteiger partial charge in [-0.15, -0.1) is 0 Å². The van der Waals surface area contributed by atoms with Gasteiger partial charge in [0.25, 0.3) is 5.91 Å². The number of rotatable bonds is 4. The summed E-state index contributed by atoms with van der Waals surface area (Å²) in [5, 5.41) is 0. The lowest BCUT2D eigenvalue weighted by molar-refractivity contribution is -0.137. The van der Waals surface area contributed by atoms with Crippen LogP contribution in [0.2, 0.25) is 0 Å². The number of likely N-dealkylation sites (tertiary alicyclic amines) is 1. The van der Waals surface area contributed by atoms with E-state index in [9.17, 15) is 9.59 Å². The molecule has 1 aromatic carbocycles. The first-order valence-corrected chi connectivity index (χ1v) is 7.84. The molecule has 0 radical (unpaired) electrons. The summed E-state index contributed by atoms with van der Waals surface area (Å²) in [5.41, 5.74) is 2.16. The Bertz CT molecular complexity index is 499. The first-order chi connectivity index (χ1) is 10.1. The van der Waals surface area contributed by atoms with Crippen LogP contribution >= 0.6 is 22.6 Å². The average molecular weight is 403 g/mol. The molecule has 0 unspecified atom stereocenters. The fraction of sp³-hybridized carbons (Fsp3) is 0.429. The number of hydrazine groups is 1. The van der Waals surface area contributed by atoms with Crippen molar-refractivity contribution >= 4 is 34.4 Å². The summed E-state index contributed by atoms with van der Waals surface area (Å²) in [7, 11) is 0. The van der Waals surface area contributed by atoms with Crippen molar-refractivity contribution in [2.24, 2.45) is 11.8 Å². The summed E-state index contributed by atoms with van der Waals surface area (Å²) < 4.78 is 6.59. The normalized spacial score (nSPS) is 15.6. The maximum Gasteiger partial charge on any atom is 0.260 e. The zero-order chi connectivity index (χ0) is 15.2. The molecule has 2 rings (SSSR count). The van der Waals surface area contributed by atoms with Crippen LogP contribution in [-0.4, -0.2) is 36.4 Å².